The third kappa shape index (κ3) is 5.66. The van der Waals surface area contributed by atoms with Crippen molar-refractivity contribution in [1.29, 1.82) is 0 Å². The molecule has 8 nitrogen and oxygen atoms in total. The second kappa shape index (κ2) is 10.8. The highest BCUT2D eigenvalue weighted by molar-refractivity contribution is 6.04. The molecule has 2 aromatic rings. The van der Waals surface area contributed by atoms with Gasteiger partial charge in [0.2, 0.25) is 0 Å². The molecule has 0 saturated heterocycles. The van der Waals surface area contributed by atoms with Crippen molar-refractivity contribution in [2.75, 3.05) is 32.1 Å². The molecule has 0 aliphatic rings. The lowest BCUT2D eigenvalue weighted by Gasteiger charge is -2.18. The van der Waals surface area contributed by atoms with Crippen molar-refractivity contribution in [3.05, 3.63) is 65.2 Å². The fraction of sp³-hybridized carbons (Fsp3) is 0.273. The Labute approximate surface area is 174 Å². The van der Waals surface area contributed by atoms with E-state index in [4.69, 9.17) is 4.74 Å². The van der Waals surface area contributed by atoms with Gasteiger partial charge in [0.25, 0.3) is 11.8 Å². The number of amides is 2. The molecule has 0 radical (unpaired) electrons. The normalized spacial score (nSPS) is 10.1. The summed E-state index contributed by atoms with van der Waals surface area (Å²) < 4.78 is 9.63. The van der Waals surface area contributed by atoms with Gasteiger partial charge in [0.15, 0.2) is 6.61 Å². The van der Waals surface area contributed by atoms with Crippen LogP contribution in [-0.4, -0.2) is 55.5 Å². The van der Waals surface area contributed by atoms with Gasteiger partial charge in [-0.2, -0.15) is 0 Å². The smallest absolute Gasteiger partial charge is 0.339 e. The van der Waals surface area contributed by atoms with E-state index in [0.29, 0.717) is 24.3 Å². The lowest BCUT2D eigenvalue weighted by Crippen LogP contribution is -2.30. The van der Waals surface area contributed by atoms with E-state index in [-0.39, 0.29) is 17.0 Å². The molecule has 0 aliphatic carbocycles. The molecule has 0 heterocycles. The van der Waals surface area contributed by atoms with Crippen LogP contribution < -0.4 is 5.32 Å². The standard InChI is InChI=1S/C22H24N2O6/c1-4-24(5-2)20(26)15-10-12-16(13-11-15)23-19(25)14-30-22(28)18-9-7-6-8-17(18)21(27)29-3/h6-13H,4-5,14H2,1-3H3,(H,23,25). The van der Waals surface area contributed by atoms with E-state index in [9.17, 15) is 19.2 Å². The van der Waals surface area contributed by atoms with Crippen molar-refractivity contribution in [2.24, 2.45) is 0 Å². The van der Waals surface area contributed by atoms with Crippen LogP contribution in [-0.2, 0) is 14.3 Å². The molecule has 0 fully saturated rings. The molecule has 0 bridgehead atoms. The lowest BCUT2D eigenvalue weighted by molar-refractivity contribution is -0.119. The van der Waals surface area contributed by atoms with Crippen molar-refractivity contribution in [1.82, 2.24) is 4.90 Å². The molecular weight excluding hydrogens is 388 g/mol. The molecule has 2 amide bonds. The number of hydrogen-bond acceptors (Lipinski definition) is 6. The average Bonchev–Trinajstić information content (AvgIpc) is 2.78. The summed E-state index contributed by atoms with van der Waals surface area (Å²) in [6.45, 7) is 4.49. The third-order valence-electron chi connectivity index (χ3n) is 4.35. The Kier molecular flexibility index (Phi) is 8.10. The van der Waals surface area contributed by atoms with Crippen LogP contribution in [0.1, 0.15) is 44.9 Å². The van der Waals surface area contributed by atoms with Crippen molar-refractivity contribution in [3.8, 4) is 0 Å². The van der Waals surface area contributed by atoms with Crippen molar-refractivity contribution in [3.63, 3.8) is 0 Å². The number of nitrogens with zero attached hydrogens (tertiary/aromatic N) is 1. The number of ether oxygens (including phenoxy) is 2. The molecule has 0 unspecified atom stereocenters. The van der Waals surface area contributed by atoms with Gasteiger partial charge >= 0.3 is 11.9 Å². The summed E-state index contributed by atoms with van der Waals surface area (Å²) in [7, 11) is 1.21. The Morgan fingerprint density at radius 2 is 1.43 bits per heavy atom. The predicted octanol–water partition coefficient (Wildman–Crippen LogP) is 2.75. The topological polar surface area (TPSA) is 102 Å². The van der Waals surface area contributed by atoms with E-state index in [1.807, 2.05) is 13.8 Å². The molecule has 2 rings (SSSR count). The van der Waals surface area contributed by atoms with Gasteiger partial charge in [-0.1, -0.05) is 12.1 Å². The maximum atomic E-state index is 12.3. The van der Waals surface area contributed by atoms with Gasteiger partial charge < -0.3 is 19.7 Å². The molecular formula is C22H24N2O6. The number of rotatable bonds is 8. The number of anilines is 1. The molecule has 0 aliphatic heterocycles. The van der Waals surface area contributed by atoms with Crippen LogP contribution in [0.4, 0.5) is 5.69 Å². The zero-order chi connectivity index (χ0) is 22.1. The minimum Gasteiger partial charge on any atom is -0.465 e. The maximum Gasteiger partial charge on any atom is 0.339 e. The molecule has 1 N–H and O–H groups in total. The van der Waals surface area contributed by atoms with Crippen LogP contribution in [0.25, 0.3) is 0 Å². The number of hydrogen-bond donors (Lipinski definition) is 1. The first-order valence-electron chi connectivity index (χ1n) is 9.44. The predicted molar refractivity (Wildman–Crippen MR) is 110 cm³/mol. The first-order valence-corrected chi connectivity index (χ1v) is 9.44. The zero-order valence-electron chi connectivity index (χ0n) is 17.1. The monoisotopic (exact) mass is 412 g/mol. The van der Waals surface area contributed by atoms with Crippen LogP contribution in [0, 0.1) is 0 Å². The molecule has 0 atom stereocenters. The Balaban J connectivity index is 1.95. The van der Waals surface area contributed by atoms with E-state index in [1.54, 1.807) is 41.3 Å². The van der Waals surface area contributed by atoms with E-state index >= 15 is 0 Å². The lowest BCUT2D eigenvalue weighted by atomic mass is 10.1. The number of benzene rings is 2. The summed E-state index contributed by atoms with van der Waals surface area (Å²) in [5.41, 5.74) is 1.04. The van der Waals surface area contributed by atoms with E-state index in [2.05, 4.69) is 10.1 Å². The number of esters is 2. The average molecular weight is 412 g/mol. The Hall–Kier alpha value is -3.68. The van der Waals surface area contributed by atoms with Crippen molar-refractivity contribution >= 4 is 29.4 Å². The summed E-state index contributed by atoms with van der Waals surface area (Å²) in [6.07, 6.45) is 0. The molecule has 30 heavy (non-hydrogen) atoms. The molecule has 0 spiro atoms. The third-order valence-corrected chi connectivity index (χ3v) is 4.35. The summed E-state index contributed by atoms with van der Waals surface area (Å²) in [6, 6.07) is 12.5. The van der Waals surface area contributed by atoms with E-state index in [1.165, 1.54) is 19.2 Å². The summed E-state index contributed by atoms with van der Waals surface area (Å²) in [5, 5.41) is 2.59. The Morgan fingerprint density at radius 1 is 0.867 bits per heavy atom. The quantitative estimate of drug-likeness (QED) is 0.669. The van der Waals surface area contributed by atoms with Gasteiger partial charge in [0.05, 0.1) is 18.2 Å². The number of methoxy groups -OCH3 is 1. The van der Waals surface area contributed by atoms with Crippen LogP contribution >= 0.6 is 0 Å². The zero-order valence-corrected chi connectivity index (χ0v) is 17.1. The second-order valence-corrected chi connectivity index (χ2v) is 6.22. The van der Waals surface area contributed by atoms with Gasteiger partial charge in [-0.25, -0.2) is 9.59 Å². The van der Waals surface area contributed by atoms with Gasteiger partial charge in [-0.15, -0.1) is 0 Å². The first kappa shape index (κ1) is 22.6. The van der Waals surface area contributed by atoms with Gasteiger partial charge in [-0.05, 0) is 50.2 Å². The molecule has 2 aromatic carbocycles. The van der Waals surface area contributed by atoms with E-state index < -0.39 is 24.5 Å². The first-order chi connectivity index (χ1) is 14.4. The Morgan fingerprint density at radius 3 is 1.97 bits per heavy atom. The van der Waals surface area contributed by atoms with Crippen LogP contribution in [0.3, 0.4) is 0 Å². The van der Waals surface area contributed by atoms with Gasteiger partial charge in [0, 0.05) is 24.3 Å². The van der Waals surface area contributed by atoms with Crippen LogP contribution in [0.15, 0.2) is 48.5 Å². The molecule has 8 heteroatoms. The van der Waals surface area contributed by atoms with Gasteiger partial charge in [0.1, 0.15) is 0 Å². The minimum atomic E-state index is -0.814. The number of carbonyl (C=O) groups is 4. The highest BCUT2D eigenvalue weighted by atomic mass is 16.5. The highest BCUT2D eigenvalue weighted by Crippen LogP contribution is 2.13. The van der Waals surface area contributed by atoms with Crippen LogP contribution in [0.5, 0.6) is 0 Å². The summed E-state index contributed by atoms with van der Waals surface area (Å²) in [5.74, 6) is -2.13. The Bertz CT molecular complexity index is 919. The van der Waals surface area contributed by atoms with Crippen molar-refractivity contribution < 1.29 is 28.7 Å². The molecule has 158 valence electrons. The SMILES string of the molecule is CCN(CC)C(=O)c1ccc(NC(=O)COC(=O)c2ccccc2C(=O)OC)cc1. The van der Waals surface area contributed by atoms with Crippen molar-refractivity contribution in [2.45, 2.75) is 13.8 Å². The largest absolute Gasteiger partial charge is 0.465 e. The highest BCUT2D eigenvalue weighted by Gasteiger charge is 2.19. The van der Waals surface area contributed by atoms with Gasteiger partial charge in [-0.3, -0.25) is 9.59 Å². The molecule has 0 saturated carbocycles. The number of nitrogens with one attached hydrogen (secondary N) is 1. The maximum absolute atomic E-state index is 12.3. The van der Waals surface area contributed by atoms with E-state index in [0.717, 1.165) is 0 Å². The fourth-order valence-corrected chi connectivity index (χ4v) is 2.74. The van der Waals surface area contributed by atoms with Crippen LogP contribution in [0.2, 0.25) is 0 Å². The minimum absolute atomic E-state index is 0.0106. The second-order valence-electron chi connectivity index (χ2n) is 6.22. The fourth-order valence-electron chi connectivity index (χ4n) is 2.74. The summed E-state index contributed by atoms with van der Waals surface area (Å²) >= 11 is 0. The number of carbonyl (C=O) groups excluding carboxylic acids is 4. The molecule has 0 aromatic heterocycles. The summed E-state index contributed by atoms with van der Waals surface area (Å²) in [4.78, 5) is 50.0.